The molecule has 0 atom stereocenters. The van der Waals surface area contributed by atoms with Gasteiger partial charge in [0.05, 0.1) is 12.3 Å². The number of carbonyl (C=O) groups excluding carboxylic acids is 2. The number of unbranched alkanes of at least 4 members (excludes halogenated alkanes) is 1. The topological polar surface area (TPSA) is 67.9 Å². The van der Waals surface area contributed by atoms with E-state index < -0.39 is 5.82 Å². The Kier molecular flexibility index (Phi) is 6.88. The monoisotopic (exact) mass is 448 g/mol. The van der Waals surface area contributed by atoms with Crippen LogP contribution in [0.15, 0.2) is 66.7 Å². The van der Waals surface area contributed by atoms with Crippen molar-refractivity contribution in [3.8, 4) is 11.5 Å². The van der Waals surface area contributed by atoms with E-state index in [1.165, 1.54) is 29.8 Å². The fraction of sp³-hybridized carbons (Fsp3) is 0.231. The van der Waals surface area contributed by atoms with E-state index in [0.717, 1.165) is 18.6 Å². The van der Waals surface area contributed by atoms with Gasteiger partial charge in [-0.25, -0.2) is 4.39 Å². The normalized spacial score (nSPS) is 12.7. The Morgan fingerprint density at radius 3 is 2.58 bits per heavy atom. The van der Waals surface area contributed by atoms with Gasteiger partial charge in [0.15, 0.2) is 6.61 Å². The first-order valence-electron chi connectivity index (χ1n) is 10.8. The minimum absolute atomic E-state index is 0.0197. The number of anilines is 2. The smallest absolute Gasteiger partial charge is 0.265 e. The highest BCUT2D eigenvalue weighted by Gasteiger charge is 2.25. The molecule has 0 fully saturated rings. The van der Waals surface area contributed by atoms with Crippen molar-refractivity contribution in [1.82, 2.24) is 0 Å². The Bertz CT molecular complexity index is 1130. The summed E-state index contributed by atoms with van der Waals surface area (Å²) in [5, 5.41) is 2.79. The number of nitrogens with one attached hydrogen (secondary N) is 1. The number of amides is 2. The second-order valence-electron chi connectivity index (χ2n) is 7.85. The molecule has 3 aromatic rings. The van der Waals surface area contributed by atoms with Gasteiger partial charge in [0.2, 0.25) is 0 Å². The van der Waals surface area contributed by atoms with Gasteiger partial charge in [-0.15, -0.1) is 0 Å². The molecule has 1 aliphatic rings. The van der Waals surface area contributed by atoms with Crippen molar-refractivity contribution in [1.29, 1.82) is 0 Å². The highest BCUT2D eigenvalue weighted by molar-refractivity contribution is 6.05. The fourth-order valence-corrected chi connectivity index (χ4v) is 3.53. The Balaban J connectivity index is 1.36. The molecule has 0 aliphatic carbocycles. The molecule has 170 valence electrons. The number of carbonyl (C=O) groups is 2. The van der Waals surface area contributed by atoms with Crippen molar-refractivity contribution < 1.29 is 23.5 Å². The molecular formula is C26H25FN2O4. The third-order valence-corrected chi connectivity index (χ3v) is 5.33. The number of hydrogen-bond acceptors (Lipinski definition) is 4. The Morgan fingerprint density at radius 1 is 1.06 bits per heavy atom. The summed E-state index contributed by atoms with van der Waals surface area (Å²) in [4.78, 5) is 26.6. The maximum absolute atomic E-state index is 13.1. The molecule has 2 amide bonds. The van der Waals surface area contributed by atoms with Crippen molar-refractivity contribution in [3.63, 3.8) is 0 Å². The van der Waals surface area contributed by atoms with E-state index in [1.54, 1.807) is 23.1 Å². The molecule has 33 heavy (non-hydrogen) atoms. The van der Waals surface area contributed by atoms with Crippen molar-refractivity contribution in [3.05, 3.63) is 83.7 Å². The minimum atomic E-state index is -0.407. The highest BCUT2D eigenvalue weighted by Crippen LogP contribution is 2.35. The summed E-state index contributed by atoms with van der Waals surface area (Å²) >= 11 is 0. The molecule has 1 heterocycles. The summed E-state index contributed by atoms with van der Waals surface area (Å²) in [6.07, 6.45) is 1.54. The first kappa shape index (κ1) is 22.3. The summed E-state index contributed by atoms with van der Waals surface area (Å²) in [6, 6.07) is 18.4. The van der Waals surface area contributed by atoms with Crippen LogP contribution in [0, 0.1) is 12.7 Å². The molecule has 0 radical (unpaired) electrons. The van der Waals surface area contributed by atoms with Crippen LogP contribution < -0.4 is 19.7 Å². The van der Waals surface area contributed by atoms with Crippen molar-refractivity contribution >= 4 is 23.2 Å². The van der Waals surface area contributed by atoms with Crippen LogP contribution in [0.2, 0.25) is 0 Å². The molecule has 1 N–H and O–H groups in total. The molecule has 0 spiro atoms. The van der Waals surface area contributed by atoms with E-state index in [1.807, 2.05) is 31.2 Å². The fourth-order valence-electron chi connectivity index (χ4n) is 3.53. The largest absolute Gasteiger partial charge is 0.494 e. The van der Waals surface area contributed by atoms with Gasteiger partial charge in [-0.1, -0.05) is 17.7 Å². The number of ether oxygens (including phenoxy) is 2. The molecule has 7 heteroatoms. The SMILES string of the molecule is Cc1ccc(OCCCCN2C(=O)COc3ccc(NC(=O)c4ccc(F)cc4)cc32)cc1. The van der Waals surface area contributed by atoms with E-state index in [0.29, 0.717) is 35.8 Å². The summed E-state index contributed by atoms with van der Waals surface area (Å²) in [6.45, 7) is 3.08. The van der Waals surface area contributed by atoms with Gasteiger partial charge in [0, 0.05) is 17.8 Å². The van der Waals surface area contributed by atoms with Gasteiger partial charge >= 0.3 is 0 Å². The third kappa shape index (κ3) is 5.68. The average molecular weight is 448 g/mol. The van der Waals surface area contributed by atoms with Crippen LogP contribution in [0.25, 0.3) is 0 Å². The van der Waals surface area contributed by atoms with Gasteiger partial charge in [-0.2, -0.15) is 0 Å². The van der Waals surface area contributed by atoms with E-state index in [-0.39, 0.29) is 18.4 Å². The Labute approximate surface area is 191 Å². The second kappa shape index (κ2) is 10.2. The molecule has 6 nitrogen and oxygen atoms in total. The van der Waals surface area contributed by atoms with Crippen molar-refractivity contribution in [2.75, 3.05) is 30.0 Å². The predicted octanol–water partition coefficient (Wildman–Crippen LogP) is 4.97. The van der Waals surface area contributed by atoms with Crippen molar-refractivity contribution in [2.45, 2.75) is 19.8 Å². The van der Waals surface area contributed by atoms with Gasteiger partial charge in [0.1, 0.15) is 17.3 Å². The zero-order valence-corrected chi connectivity index (χ0v) is 18.3. The van der Waals surface area contributed by atoms with E-state index >= 15 is 0 Å². The molecule has 0 bridgehead atoms. The predicted molar refractivity (Wildman–Crippen MR) is 125 cm³/mol. The lowest BCUT2D eigenvalue weighted by atomic mass is 10.1. The first-order valence-corrected chi connectivity index (χ1v) is 10.8. The van der Waals surface area contributed by atoms with Gasteiger partial charge in [-0.05, 0) is 74.4 Å². The zero-order valence-electron chi connectivity index (χ0n) is 18.3. The molecule has 0 saturated heterocycles. The van der Waals surface area contributed by atoms with Crippen LogP contribution in [0.3, 0.4) is 0 Å². The van der Waals surface area contributed by atoms with Crippen LogP contribution >= 0.6 is 0 Å². The van der Waals surface area contributed by atoms with E-state index in [2.05, 4.69) is 5.32 Å². The molecule has 4 rings (SSSR count). The van der Waals surface area contributed by atoms with Crippen LogP contribution in [-0.2, 0) is 4.79 Å². The number of fused-ring (bicyclic) bond motifs is 1. The highest BCUT2D eigenvalue weighted by atomic mass is 19.1. The number of aryl methyl sites for hydroxylation is 1. The van der Waals surface area contributed by atoms with Crippen LogP contribution in [0.5, 0.6) is 11.5 Å². The summed E-state index contributed by atoms with van der Waals surface area (Å²) in [5.74, 6) is 0.512. The van der Waals surface area contributed by atoms with Crippen LogP contribution in [0.4, 0.5) is 15.8 Å². The minimum Gasteiger partial charge on any atom is -0.494 e. The maximum atomic E-state index is 13.1. The van der Waals surface area contributed by atoms with Crippen LogP contribution in [-0.4, -0.2) is 31.6 Å². The molecule has 0 saturated carbocycles. The van der Waals surface area contributed by atoms with E-state index in [9.17, 15) is 14.0 Å². The second-order valence-corrected chi connectivity index (χ2v) is 7.85. The quantitative estimate of drug-likeness (QED) is 0.494. The Morgan fingerprint density at radius 2 is 1.82 bits per heavy atom. The summed E-state index contributed by atoms with van der Waals surface area (Å²) < 4.78 is 24.4. The number of hydrogen-bond donors (Lipinski definition) is 1. The lowest BCUT2D eigenvalue weighted by Crippen LogP contribution is -2.39. The summed E-state index contributed by atoms with van der Waals surface area (Å²) in [7, 11) is 0. The number of halogens is 1. The van der Waals surface area contributed by atoms with Crippen molar-refractivity contribution in [2.24, 2.45) is 0 Å². The first-order chi connectivity index (χ1) is 16.0. The number of rotatable bonds is 8. The Hall–Kier alpha value is -3.87. The standard InChI is InChI=1S/C26H25FN2O4/c1-18-4-11-22(12-5-18)32-15-3-2-14-29-23-16-21(10-13-24(23)33-17-25(29)30)28-26(31)19-6-8-20(27)9-7-19/h4-13,16H,2-3,14-15,17H2,1H3,(H,28,31). The maximum Gasteiger partial charge on any atom is 0.265 e. The molecule has 0 aromatic heterocycles. The molecule has 1 aliphatic heterocycles. The molecule has 0 unspecified atom stereocenters. The van der Waals surface area contributed by atoms with Gasteiger partial charge < -0.3 is 19.7 Å². The number of benzene rings is 3. The summed E-state index contributed by atoms with van der Waals surface area (Å²) in [5.41, 5.74) is 2.66. The van der Waals surface area contributed by atoms with Gasteiger partial charge in [0.25, 0.3) is 11.8 Å². The molecular weight excluding hydrogens is 423 g/mol. The molecule has 3 aromatic carbocycles. The zero-order chi connectivity index (χ0) is 23.2. The lowest BCUT2D eigenvalue weighted by Gasteiger charge is -2.30. The van der Waals surface area contributed by atoms with E-state index in [4.69, 9.17) is 9.47 Å². The van der Waals surface area contributed by atoms with Gasteiger partial charge in [-0.3, -0.25) is 9.59 Å². The average Bonchev–Trinajstić information content (AvgIpc) is 2.81. The van der Waals surface area contributed by atoms with Crippen LogP contribution in [0.1, 0.15) is 28.8 Å². The third-order valence-electron chi connectivity index (χ3n) is 5.33. The lowest BCUT2D eigenvalue weighted by molar-refractivity contribution is -0.121. The number of nitrogens with zero attached hydrogens (tertiary/aromatic N) is 1.